The second-order valence-electron chi connectivity index (χ2n) is 10.6. The molecule has 0 aromatic rings. The summed E-state index contributed by atoms with van der Waals surface area (Å²) in [6.07, 6.45) is 17.0. The maximum Gasteiger partial charge on any atom is 0.0731 e. The van der Waals surface area contributed by atoms with Gasteiger partial charge in [0, 0.05) is 0 Å². The minimum atomic E-state index is -0.388. The maximum absolute atomic E-state index is 11.9. The molecule has 25 heavy (non-hydrogen) atoms. The molecule has 2 heteroatoms. The third-order valence-corrected chi connectivity index (χ3v) is 9.95. The molecule has 4 saturated carbocycles. The van der Waals surface area contributed by atoms with Crippen LogP contribution in [0.4, 0.5) is 0 Å². The zero-order chi connectivity index (χ0) is 17.7. The van der Waals surface area contributed by atoms with Crippen LogP contribution in [0.2, 0.25) is 0 Å². The molecule has 4 aliphatic rings. The molecule has 0 amide bonds. The fourth-order valence-electron chi connectivity index (χ4n) is 8.41. The second-order valence-corrected chi connectivity index (χ2v) is 10.6. The molecule has 144 valence electrons. The lowest BCUT2D eigenvalue weighted by molar-refractivity contribution is -0.199. The number of hydrogen-bond donors (Lipinski definition) is 2. The molecule has 0 radical (unpaired) electrons. The Kier molecular flexibility index (Phi) is 4.77. The van der Waals surface area contributed by atoms with Gasteiger partial charge in [0.15, 0.2) is 0 Å². The lowest BCUT2D eigenvalue weighted by Crippen LogP contribution is -2.61. The van der Waals surface area contributed by atoms with Gasteiger partial charge in [-0.1, -0.05) is 33.1 Å². The van der Waals surface area contributed by atoms with Crippen LogP contribution in [0.1, 0.15) is 97.3 Å². The van der Waals surface area contributed by atoms with Gasteiger partial charge in [0.25, 0.3) is 0 Å². The maximum atomic E-state index is 11.9. The highest BCUT2D eigenvalue weighted by Gasteiger charge is 2.66. The molecule has 7 atom stereocenters. The predicted octanol–water partition coefficient (Wildman–Crippen LogP) is 5.28. The first-order valence-corrected chi connectivity index (χ1v) is 11.4. The van der Waals surface area contributed by atoms with Gasteiger partial charge in [0.1, 0.15) is 0 Å². The largest absolute Gasteiger partial charge is 0.389 e. The number of hydrogen-bond acceptors (Lipinski definition) is 2. The van der Waals surface area contributed by atoms with Crippen LogP contribution >= 0.6 is 0 Å². The standard InChI is InChI=1S/C23H41NO/c1-21-13-5-3-7-17(21)9-10-20-19(21)12-15-23(25)18(8-4-6-16-24)11-14-22(20,23)2/h17-20,25H,3-16,24H2,1-2H3/t17?,18-,19?,20?,21?,22?,23-/m0/s1. The molecule has 4 fully saturated rings. The Morgan fingerprint density at radius 3 is 2.52 bits per heavy atom. The van der Waals surface area contributed by atoms with Crippen LogP contribution in [0, 0.1) is 34.5 Å². The van der Waals surface area contributed by atoms with E-state index in [1.807, 2.05) is 0 Å². The fraction of sp³-hybridized carbons (Fsp3) is 1.00. The third kappa shape index (κ3) is 2.57. The van der Waals surface area contributed by atoms with Crippen LogP contribution < -0.4 is 5.73 Å². The van der Waals surface area contributed by atoms with Crippen molar-refractivity contribution in [3.05, 3.63) is 0 Å². The van der Waals surface area contributed by atoms with Crippen molar-refractivity contribution < 1.29 is 5.11 Å². The molecule has 0 heterocycles. The summed E-state index contributed by atoms with van der Waals surface area (Å²) < 4.78 is 0. The molecule has 0 aromatic carbocycles. The zero-order valence-corrected chi connectivity index (χ0v) is 16.7. The Balaban J connectivity index is 1.57. The Labute approximate surface area is 155 Å². The molecule has 0 aromatic heterocycles. The summed E-state index contributed by atoms with van der Waals surface area (Å²) in [7, 11) is 0. The van der Waals surface area contributed by atoms with Gasteiger partial charge in [-0.25, -0.2) is 0 Å². The highest BCUT2D eigenvalue weighted by molar-refractivity contribution is 5.16. The van der Waals surface area contributed by atoms with Crippen molar-refractivity contribution in [2.75, 3.05) is 6.54 Å². The summed E-state index contributed by atoms with van der Waals surface area (Å²) in [5, 5.41) is 11.9. The number of rotatable bonds is 4. The van der Waals surface area contributed by atoms with E-state index in [0.717, 1.165) is 37.1 Å². The average molecular weight is 348 g/mol. The topological polar surface area (TPSA) is 46.2 Å². The lowest BCUT2D eigenvalue weighted by Gasteiger charge is -2.63. The van der Waals surface area contributed by atoms with E-state index in [0.29, 0.717) is 11.3 Å². The van der Waals surface area contributed by atoms with Crippen molar-refractivity contribution in [2.45, 2.75) is 103 Å². The number of unbranched alkanes of at least 4 members (excludes halogenated alkanes) is 1. The molecule has 3 N–H and O–H groups in total. The van der Waals surface area contributed by atoms with Gasteiger partial charge in [0.05, 0.1) is 5.60 Å². The normalized spacial score (nSPS) is 52.3. The van der Waals surface area contributed by atoms with Gasteiger partial charge >= 0.3 is 0 Å². The van der Waals surface area contributed by atoms with Crippen LogP contribution in [0.25, 0.3) is 0 Å². The van der Waals surface area contributed by atoms with E-state index in [2.05, 4.69) is 13.8 Å². The van der Waals surface area contributed by atoms with Gasteiger partial charge < -0.3 is 10.8 Å². The van der Waals surface area contributed by atoms with Crippen molar-refractivity contribution in [3.63, 3.8) is 0 Å². The number of fused-ring (bicyclic) bond motifs is 5. The predicted molar refractivity (Wildman–Crippen MR) is 104 cm³/mol. The number of aliphatic hydroxyl groups is 1. The van der Waals surface area contributed by atoms with E-state index in [4.69, 9.17) is 5.73 Å². The van der Waals surface area contributed by atoms with Gasteiger partial charge in [-0.05, 0) is 105 Å². The quantitative estimate of drug-likeness (QED) is 0.680. The van der Waals surface area contributed by atoms with Gasteiger partial charge in [-0.3, -0.25) is 0 Å². The first-order chi connectivity index (χ1) is 12.0. The summed E-state index contributed by atoms with van der Waals surface area (Å²) in [6, 6.07) is 0. The SMILES string of the molecule is CC12CCCCC1CCC1C2CC[C@]2(O)[C@@H](CCCCN)CCC12C. The van der Waals surface area contributed by atoms with Crippen LogP contribution in [0.3, 0.4) is 0 Å². The molecular weight excluding hydrogens is 306 g/mol. The lowest BCUT2D eigenvalue weighted by atomic mass is 9.43. The highest BCUT2D eigenvalue weighted by atomic mass is 16.3. The van der Waals surface area contributed by atoms with Crippen LogP contribution in [0.15, 0.2) is 0 Å². The van der Waals surface area contributed by atoms with E-state index in [9.17, 15) is 5.11 Å². The smallest absolute Gasteiger partial charge is 0.0731 e. The van der Waals surface area contributed by atoms with Crippen molar-refractivity contribution in [3.8, 4) is 0 Å². The summed E-state index contributed by atoms with van der Waals surface area (Å²) >= 11 is 0. The monoisotopic (exact) mass is 347 g/mol. The summed E-state index contributed by atoms with van der Waals surface area (Å²) in [4.78, 5) is 0. The van der Waals surface area contributed by atoms with Crippen LogP contribution in [-0.2, 0) is 0 Å². The van der Waals surface area contributed by atoms with Crippen molar-refractivity contribution in [2.24, 2.45) is 40.2 Å². The molecule has 5 unspecified atom stereocenters. The van der Waals surface area contributed by atoms with Crippen molar-refractivity contribution in [1.82, 2.24) is 0 Å². The minimum Gasteiger partial charge on any atom is -0.389 e. The number of nitrogens with two attached hydrogens (primary N) is 1. The minimum absolute atomic E-state index is 0.175. The first-order valence-electron chi connectivity index (χ1n) is 11.4. The van der Waals surface area contributed by atoms with E-state index in [1.54, 1.807) is 0 Å². The molecule has 4 rings (SSSR count). The molecule has 0 saturated heterocycles. The highest BCUT2D eigenvalue weighted by Crippen LogP contribution is 2.69. The Hall–Kier alpha value is -0.0800. The van der Waals surface area contributed by atoms with Crippen molar-refractivity contribution in [1.29, 1.82) is 0 Å². The first kappa shape index (κ1) is 18.3. The molecule has 0 aliphatic heterocycles. The van der Waals surface area contributed by atoms with E-state index in [1.165, 1.54) is 70.6 Å². The van der Waals surface area contributed by atoms with E-state index < -0.39 is 0 Å². The fourth-order valence-corrected chi connectivity index (χ4v) is 8.41. The van der Waals surface area contributed by atoms with E-state index >= 15 is 0 Å². The molecular formula is C23H41NO. The second kappa shape index (κ2) is 6.51. The molecule has 4 aliphatic carbocycles. The Morgan fingerprint density at radius 1 is 0.880 bits per heavy atom. The zero-order valence-electron chi connectivity index (χ0n) is 16.7. The molecule has 0 bridgehead atoms. The Bertz CT molecular complexity index is 492. The van der Waals surface area contributed by atoms with Gasteiger partial charge in [-0.2, -0.15) is 0 Å². The van der Waals surface area contributed by atoms with E-state index in [-0.39, 0.29) is 11.0 Å². The molecule has 0 spiro atoms. The van der Waals surface area contributed by atoms with Crippen LogP contribution in [0.5, 0.6) is 0 Å². The van der Waals surface area contributed by atoms with Crippen molar-refractivity contribution >= 4 is 0 Å². The van der Waals surface area contributed by atoms with Crippen LogP contribution in [-0.4, -0.2) is 17.3 Å². The average Bonchev–Trinajstić information content (AvgIpc) is 2.86. The third-order valence-electron chi connectivity index (χ3n) is 9.95. The van der Waals surface area contributed by atoms with Gasteiger partial charge in [0.2, 0.25) is 0 Å². The van der Waals surface area contributed by atoms with Gasteiger partial charge in [-0.15, -0.1) is 0 Å². The Morgan fingerprint density at radius 2 is 1.72 bits per heavy atom. The summed E-state index contributed by atoms with van der Waals surface area (Å²) in [5.41, 5.74) is 6.07. The summed E-state index contributed by atoms with van der Waals surface area (Å²) in [6.45, 7) is 5.92. The summed E-state index contributed by atoms with van der Waals surface area (Å²) in [5.74, 6) is 3.14. The molecule has 2 nitrogen and oxygen atoms in total.